The minimum atomic E-state index is -0.546. The highest BCUT2D eigenvalue weighted by atomic mass is 35.5. The number of benzene rings is 1. The molecule has 122 valence electrons. The van der Waals surface area contributed by atoms with Gasteiger partial charge in [-0.1, -0.05) is 23.2 Å². The molecule has 0 saturated carbocycles. The first-order valence-corrected chi connectivity index (χ1v) is 7.57. The molecule has 23 heavy (non-hydrogen) atoms. The number of hydrogen-bond acceptors (Lipinski definition) is 4. The molecule has 1 aromatic heterocycles. The van der Waals surface area contributed by atoms with E-state index in [9.17, 15) is 9.59 Å². The van der Waals surface area contributed by atoms with Gasteiger partial charge in [-0.2, -0.15) is 5.10 Å². The smallest absolute Gasteiger partial charge is 0.343 e. The van der Waals surface area contributed by atoms with Gasteiger partial charge in [0.05, 0.1) is 22.9 Å². The Labute approximate surface area is 143 Å². The van der Waals surface area contributed by atoms with Crippen molar-refractivity contribution in [1.29, 1.82) is 0 Å². The molecule has 0 bridgehead atoms. The number of nitrogens with one attached hydrogen (secondary N) is 1. The monoisotopic (exact) mass is 355 g/mol. The number of amides is 1. The first-order chi connectivity index (χ1) is 10.8. The molecule has 0 spiro atoms. The maximum Gasteiger partial charge on any atom is 0.343 e. The zero-order chi connectivity index (χ0) is 17.1. The SMILES string of the molecule is CCOC(=O)c1c(C)nn(C)c1NC(=O)c1ccc(Cl)cc1Cl. The van der Waals surface area contributed by atoms with Gasteiger partial charge in [-0.25, -0.2) is 4.79 Å². The van der Waals surface area contributed by atoms with Crippen LogP contribution < -0.4 is 5.32 Å². The molecule has 1 amide bonds. The van der Waals surface area contributed by atoms with Crippen LogP contribution in [0.5, 0.6) is 0 Å². The highest BCUT2D eigenvalue weighted by molar-refractivity contribution is 6.37. The summed E-state index contributed by atoms with van der Waals surface area (Å²) >= 11 is 11.8. The van der Waals surface area contributed by atoms with Gasteiger partial charge >= 0.3 is 5.97 Å². The number of anilines is 1. The van der Waals surface area contributed by atoms with Crippen molar-refractivity contribution in [3.05, 3.63) is 45.1 Å². The van der Waals surface area contributed by atoms with Gasteiger partial charge in [-0.15, -0.1) is 0 Å². The van der Waals surface area contributed by atoms with Crippen molar-refractivity contribution in [2.24, 2.45) is 7.05 Å². The number of carbonyl (C=O) groups is 2. The lowest BCUT2D eigenvalue weighted by Crippen LogP contribution is -2.18. The first kappa shape index (κ1) is 17.3. The molecule has 0 aliphatic carbocycles. The van der Waals surface area contributed by atoms with Crippen molar-refractivity contribution >= 4 is 40.9 Å². The summed E-state index contributed by atoms with van der Waals surface area (Å²) < 4.78 is 6.41. The minimum absolute atomic E-state index is 0.214. The van der Waals surface area contributed by atoms with E-state index in [1.165, 1.54) is 16.8 Å². The predicted molar refractivity (Wildman–Crippen MR) is 88.3 cm³/mol. The van der Waals surface area contributed by atoms with Crippen LogP contribution in [0.25, 0.3) is 0 Å². The second-order valence-corrected chi connectivity index (χ2v) is 5.58. The van der Waals surface area contributed by atoms with E-state index in [1.54, 1.807) is 27.0 Å². The summed E-state index contributed by atoms with van der Waals surface area (Å²) in [7, 11) is 1.62. The molecule has 0 saturated heterocycles. The molecule has 8 heteroatoms. The van der Waals surface area contributed by atoms with Gasteiger partial charge in [-0.3, -0.25) is 9.48 Å². The number of nitrogens with zero attached hydrogens (tertiary/aromatic N) is 2. The Kier molecular flexibility index (Phi) is 5.28. The lowest BCUT2D eigenvalue weighted by molar-refractivity contribution is 0.0526. The standard InChI is InChI=1S/C15H15Cl2N3O3/c1-4-23-15(22)12-8(2)19-20(3)13(12)18-14(21)10-6-5-9(16)7-11(10)17/h5-7H,4H2,1-3H3,(H,18,21). The van der Waals surface area contributed by atoms with E-state index < -0.39 is 11.9 Å². The summed E-state index contributed by atoms with van der Waals surface area (Å²) in [5.74, 6) is -0.771. The van der Waals surface area contributed by atoms with Crippen molar-refractivity contribution in [3.8, 4) is 0 Å². The van der Waals surface area contributed by atoms with Gasteiger partial charge < -0.3 is 10.1 Å². The Balaban J connectivity index is 2.36. The number of esters is 1. The third kappa shape index (κ3) is 3.65. The lowest BCUT2D eigenvalue weighted by atomic mass is 10.2. The number of rotatable bonds is 4. The molecule has 1 heterocycles. The largest absolute Gasteiger partial charge is 0.462 e. The fourth-order valence-corrected chi connectivity index (χ4v) is 2.59. The zero-order valence-corrected chi connectivity index (χ0v) is 14.3. The topological polar surface area (TPSA) is 73.2 Å². The Morgan fingerprint density at radius 1 is 1.35 bits per heavy atom. The van der Waals surface area contributed by atoms with Crippen LogP contribution in [0.1, 0.15) is 33.3 Å². The van der Waals surface area contributed by atoms with Crippen molar-refractivity contribution in [1.82, 2.24) is 9.78 Å². The first-order valence-electron chi connectivity index (χ1n) is 6.82. The number of halogens is 2. The molecule has 6 nitrogen and oxygen atoms in total. The molecule has 0 aliphatic rings. The van der Waals surface area contributed by atoms with Crippen molar-refractivity contribution in [2.45, 2.75) is 13.8 Å². The Hall–Kier alpha value is -2.05. The fourth-order valence-electron chi connectivity index (χ4n) is 2.10. The van der Waals surface area contributed by atoms with E-state index in [1.807, 2.05) is 0 Å². The highest BCUT2D eigenvalue weighted by Crippen LogP contribution is 2.24. The molecule has 0 unspecified atom stereocenters. The van der Waals surface area contributed by atoms with Crippen LogP contribution in [-0.2, 0) is 11.8 Å². The second-order valence-electron chi connectivity index (χ2n) is 4.73. The normalized spacial score (nSPS) is 10.5. The minimum Gasteiger partial charge on any atom is -0.462 e. The molecular weight excluding hydrogens is 341 g/mol. The van der Waals surface area contributed by atoms with E-state index in [2.05, 4.69) is 10.4 Å². The maximum atomic E-state index is 12.4. The molecule has 0 radical (unpaired) electrons. The summed E-state index contributed by atoms with van der Waals surface area (Å²) in [4.78, 5) is 24.5. The average Bonchev–Trinajstić information content (AvgIpc) is 2.73. The van der Waals surface area contributed by atoms with Gasteiger partial charge in [0.2, 0.25) is 0 Å². The predicted octanol–water partition coefficient (Wildman–Crippen LogP) is 3.46. The van der Waals surface area contributed by atoms with Crippen LogP contribution in [0, 0.1) is 6.92 Å². The van der Waals surface area contributed by atoms with Gasteiger partial charge in [0.15, 0.2) is 0 Å². The number of hydrogen-bond donors (Lipinski definition) is 1. The summed E-state index contributed by atoms with van der Waals surface area (Å²) in [6.07, 6.45) is 0. The number of ether oxygens (including phenoxy) is 1. The van der Waals surface area contributed by atoms with Gasteiger partial charge in [0, 0.05) is 12.1 Å². The van der Waals surface area contributed by atoms with Gasteiger partial charge in [0.25, 0.3) is 5.91 Å². The summed E-state index contributed by atoms with van der Waals surface area (Å²) in [5, 5.41) is 7.43. The number of aromatic nitrogens is 2. The van der Waals surface area contributed by atoms with Crippen molar-refractivity contribution in [3.63, 3.8) is 0 Å². The summed E-state index contributed by atoms with van der Waals surface area (Å²) in [5.41, 5.74) is 0.918. The maximum absolute atomic E-state index is 12.4. The van der Waals surface area contributed by atoms with E-state index >= 15 is 0 Å². The molecule has 1 aromatic carbocycles. The molecular formula is C15H15Cl2N3O3. The van der Waals surface area contributed by atoms with E-state index in [0.29, 0.717) is 10.7 Å². The van der Waals surface area contributed by atoms with Gasteiger partial charge in [0.1, 0.15) is 11.4 Å². The van der Waals surface area contributed by atoms with Crippen LogP contribution in [0.15, 0.2) is 18.2 Å². The lowest BCUT2D eigenvalue weighted by Gasteiger charge is -2.09. The van der Waals surface area contributed by atoms with Crippen LogP contribution in [0.2, 0.25) is 10.0 Å². The number of aryl methyl sites for hydroxylation is 2. The van der Waals surface area contributed by atoms with Crippen LogP contribution >= 0.6 is 23.2 Å². The Morgan fingerprint density at radius 2 is 2.04 bits per heavy atom. The van der Waals surface area contributed by atoms with E-state index in [0.717, 1.165) is 0 Å². The third-order valence-corrected chi connectivity index (χ3v) is 3.66. The second kappa shape index (κ2) is 7.02. The van der Waals surface area contributed by atoms with Crippen LogP contribution in [0.3, 0.4) is 0 Å². The molecule has 0 atom stereocenters. The molecule has 1 N–H and O–H groups in total. The summed E-state index contributed by atoms with van der Waals surface area (Å²) in [6, 6.07) is 4.54. The zero-order valence-electron chi connectivity index (χ0n) is 12.8. The van der Waals surface area contributed by atoms with E-state index in [-0.39, 0.29) is 28.6 Å². The van der Waals surface area contributed by atoms with Crippen molar-refractivity contribution < 1.29 is 14.3 Å². The Morgan fingerprint density at radius 3 is 2.65 bits per heavy atom. The molecule has 0 fully saturated rings. The average molecular weight is 356 g/mol. The fraction of sp³-hybridized carbons (Fsp3) is 0.267. The van der Waals surface area contributed by atoms with Crippen LogP contribution in [0.4, 0.5) is 5.82 Å². The Bertz CT molecular complexity index is 772. The third-order valence-electron chi connectivity index (χ3n) is 3.11. The quantitative estimate of drug-likeness (QED) is 0.852. The van der Waals surface area contributed by atoms with Crippen molar-refractivity contribution in [2.75, 3.05) is 11.9 Å². The molecule has 2 aromatic rings. The van der Waals surface area contributed by atoms with E-state index in [4.69, 9.17) is 27.9 Å². The highest BCUT2D eigenvalue weighted by Gasteiger charge is 2.24. The number of carbonyl (C=O) groups excluding carboxylic acids is 2. The molecule has 0 aliphatic heterocycles. The molecule has 2 rings (SSSR count). The van der Waals surface area contributed by atoms with Crippen LogP contribution in [-0.4, -0.2) is 28.3 Å². The summed E-state index contributed by atoms with van der Waals surface area (Å²) in [6.45, 7) is 3.59. The van der Waals surface area contributed by atoms with Gasteiger partial charge in [-0.05, 0) is 32.0 Å².